The van der Waals surface area contributed by atoms with Crippen LogP contribution >= 0.6 is 11.6 Å². The molecule has 5 heteroatoms. The van der Waals surface area contributed by atoms with Gasteiger partial charge in [-0.2, -0.15) is 0 Å². The molecular weight excluding hydrogens is 412 g/mol. The van der Waals surface area contributed by atoms with Crippen LogP contribution in [0, 0.1) is 40.4 Å². The van der Waals surface area contributed by atoms with E-state index in [0.717, 1.165) is 31.1 Å². The molecule has 0 aromatic rings. The predicted molar refractivity (Wildman–Crippen MR) is 120 cm³/mol. The zero-order valence-electron chi connectivity index (χ0n) is 19.6. The number of halogens is 1. The lowest BCUT2D eigenvalue weighted by atomic mass is 9.44. The number of carbonyl (C=O) groups excluding carboxylic acids is 2. The van der Waals surface area contributed by atoms with Gasteiger partial charge in [-0.15, -0.1) is 11.6 Å². The summed E-state index contributed by atoms with van der Waals surface area (Å²) in [5.41, 5.74) is 0.493. The molecule has 0 aliphatic heterocycles. The maximum absolute atomic E-state index is 11.6. The lowest BCUT2D eigenvalue weighted by Gasteiger charge is -2.64. The van der Waals surface area contributed by atoms with Crippen molar-refractivity contribution in [1.82, 2.24) is 0 Å². The normalized spacial score (nSPS) is 51.3. The third-order valence-electron chi connectivity index (χ3n) is 10.9. The highest BCUT2D eigenvalue weighted by molar-refractivity contribution is 6.25. The zero-order valence-corrected chi connectivity index (χ0v) is 20.4. The molecule has 0 heterocycles. The highest BCUT2D eigenvalue weighted by Crippen LogP contribution is 2.76. The van der Waals surface area contributed by atoms with Gasteiger partial charge in [-0.05, 0) is 99.2 Å². The molecule has 0 aromatic carbocycles. The quantitative estimate of drug-likeness (QED) is 0.397. The van der Waals surface area contributed by atoms with Crippen molar-refractivity contribution < 1.29 is 19.1 Å². The van der Waals surface area contributed by atoms with E-state index in [1.807, 2.05) is 0 Å². The fraction of sp³-hybridized carbons (Fsp3) is 0.923. The van der Waals surface area contributed by atoms with Crippen molar-refractivity contribution in [2.24, 2.45) is 40.4 Å². The Hall–Kier alpha value is -0.770. The average molecular weight is 451 g/mol. The molecule has 5 aliphatic carbocycles. The van der Waals surface area contributed by atoms with Gasteiger partial charge in [0.25, 0.3) is 0 Å². The van der Waals surface area contributed by atoms with Gasteiger partial charge < -0.3 is 9.47 Å². The zero-order chi connectivity index (χ0) is 22.2. The minimum absolute atomic E-state index is 0.00503. The van der Waals surface area contributed by atoms with E-state index >= 15 is 0 Å². The predicted octanol–water partition coefficient (Wildman–Crippen LogP) is 5.89. The first-order chi connectivity index (χ1) is 14.6. The Kier molecular flexibility index (Phi) is 5.24. The molecule has 4 nitrogen and oxygen atoms in total. The van der Waals surface area contributed by atoms with Gasteiger partial charge in [0.1, 0.15) is 12.2 Å². The van der Waals surface area contributed by atoms with Gasteiger partial charge in [-0.1, -0.05) is 6.92 Å². The summed E-state index contributed by atoms with van der Waals surface area (Å²) in [7, 11) is 0. The van der Waals surface area contributed by atoms with Gasteiger partial charge in [-0.25, -0.2) is 0 Å². The van der Waals surface area contributed by atoms with Crippen molar-refractivity contribution in [3.05, 3.63) is 0 Å². The molecule has 5 unspecified atom stereocenters. The molecule has 0 spiro atoms. The van der Waals surface area contributed by atoms with Crippen LogP contribution in [-0.2, 0) is 19.1 Å². The number of alkyl halides is 1. The first-order valence-electron chi connectivity index (χ1n) is 12.6. The lowest BCUT2D eigenvalue weighted by molar-refractivity contribution is -0.162. The van der Waals surface area contributed by atoms with Crippen LogP contribution in [0.2, 0.25) is 0 Å². The maximum Gasteiger partial charge on any atom is 0.302 e. The smallest absolute Gasteiger partial charge is 0.302 e. The van der Waals surface area contributed by atoms with E-state index in [1.54, 1.807) is 0 Å². The standard InChI is InChI=1S/C26H39ClO4/c1-15(30-16(2)28)21-5-6-22-20-13-18-7-11-25(23(20)9-10-24(21,22)4)12-8-19(31-17(3)29)14-26(18,25)27/h15,18-23H,5-14H2,1-4H3/t15?,18?,19-,20?,21+,22?,23?,24+,25+,26-/m0/s1. The van der Waals surface area contributed by atoms with E-state index in [1.165, 1.54) is 58.8 Å². The van der Waals surface area contributed by atoms with Gasteiger partial charge in [0, 0.05) is 26.2 Å². The summed E-state index contributed by atoms with van der Waals surface area (Å²) in [6, 6.07) is 0. The fourth-order valence-electron chi connectivity index (χ4n) is 9.93. The second-order valence-corrected chi connectivity index (χ2v) is 12.6. The molecule has 5 fully saturated rings. The summed E-state index contributed by atoms with van der Waals surface area (Å²) >= 11 is 7.59. The Balaban J connectivity index is 1.41. The molecular formula is C26H39ClO4. The van der Waals surface area contributed by atoms with E-state index in [-0.39, 0.29) is 39.9 Å². The molecule has 5 rings (SSSR count). The van der Waals surface area contributed by atoms with Crippen molar-refractivity contribution in [2.45, 2.75) is 109 Å². The monoisotopic (exact) mass is 450 g/mol. The van der Waals surface area contributed by atoms with Crippen LogP contribution in [0.25, 0.3) is 0 Å². The molecule has 2 bridgehead atoms. The largest absolute Gasteiger partial charge is 0.463 e. The first-order valence-corrected chi connectivity index (χ1v) is 13.0. The number of ether oxygens (including phenoxy) is 2. The summed E-state index contributed by atoms with van der Waals surface area (Å²) in [5.74, 6) is 2.86. The van der Waals surface area contributed by atoms with E-state index in [4.69, 9.17) is 21.1 Å². The third-order valence-corrected chi connectivity index (χ3v) is 11.7. The van der Waals surface area contributed by atoms with Crippen LogP contribution in [0.15, 0.2) is 0 Å². The molecule has 0 N–H and O–H groups in total. The number of carbonyl (C=O) groups is 2. The number of fused-ring (bicyclic) bond motifs is 3. The topological polar surface area (TPSA) is 52.6 Å². The summed E-state index contributed by atoms with van der Waals surface area (Å²) in [4.78, 5) is 23.0. The van der Waals surface area contributed by atoms with Gasteiger partial charge in [-0.3, -0.25) is 9.59 Å². The van der Waals surface area contributed by atoms with Crippen LogP contribution in [0.1, 0.15) is 91.9 Å². The van der Waals surface area contributed by atoms with Crippen molar-refractivity contribution >= 4 is 23.5 Å². The van der Waals surface area contributed by atoms with Crippen molar-refractivity contribution in [1.29, 1.82) is 0 Å². The van der Waals surface area contributed by atoms with Crippen molar-refractivity contribution in [3.8, 4) is 0 Å². The highest BCUT2D eigenvalue weighted by Gasteiger charge is 2.71. The molecule has 0 radical (unpaired) electrons. The van der Waals surface area contributed by atoms with Crippen molar-refractivity contribution in [3.63, 3.8) is 0 Å². The SMILES string of the molecule is CC(=O)OC(C)[C@H]1CCC2C3CC4CC[C@@]5(CC[C@H](OC(C)=O)C[C@]45Cl)C3CC[C@@]21C. The van der Waals surface area contributed by atoms with Crippen LogP contribution in [0.5, 0.6) is 0 Å². The number of hydrogen-bond acceptors (Lipinski definition) is 4. The lowest BCUT2D eigenvalue weighted by Crippen LogP contribution is -2.62. The third kappa shape index (κ3) is 3.05. The summed E-state index contributed by atoms with van der Waals surface area (Å²) in [5, 5.41) is 0. The summed E-state index contributed by atoms with van der Waals surface area (Å²) in [6.45, 7) is 7.65. The average Bonchev–Trinajstić information content (AvgIpc) is 3.10. The molecule has 0 aromatic heterocycles. The Morgan fingerprint density at radius 3 is 2.42 bits per heavy atom. The van der Waals surface area contributed by atoms with Crippen molar-refractivity contribution in [2.75, 3.05) is 0 Å². The van der Waals surface area contributed by atoms with E-state index in [9.17, 15) is 9.59 Å². The number of esters is 2. The Labute approximate surface area is 192 Å². The maximum atomic E-state index is 11.6. The minimum Gasteiger partial charge on any atom is -0.463 e. The second kappa shape index (κ2) is 7.37. The molecule has 174 valence electrons. The Bertz CT molecular complexity index is 769. The highest BCUT2D eigenvalue weighted by atomic mass is 35.5. The molecule has 10 atom stereocenters. The molecule has 0 saturated heterocycles. The van der Waals surface area contributed by atoms with Crippen LogP contribution in [0.4, 0.5) is 0 Å². The minimum atomic E-state index is -0.191. The molecule has 31 heavy (non-hydrogen) atoms. The van der Waals surface area contributed by atoms with Crippen LogP contribution < -0.4 is 0 Å². The number of hydrogen-bond donors (Lipinski definition) is 0. The van der Waals surface area contributed by atoms with E-state index in [0.29, 0.717) is 17.8 Å². The summed E-state index contributed by atoms with van der Waals surface area (Å²) < 4.78 is 11.3. The van der Waals surface area contributed by atoms with Gasteiger partial charge in [0.15, 0.2) is 0 Å². The van der Waals surface area contributed by atoms with Gasteiger partial charge >= 0.3 is 11.9 Å². The van der Waals surface area contributed by atoms with Crippen LogP contribution in [-0.4, -0.2) is 29.0 Å². The van der Waals surface area contributed by atoms with Gasteiger partial charge in [0.2, 0.25) is 0 Å². The molecule has 5 aliphatic rings. The molecule has 0 amide bonds. The van der Waals surface area contributed by atoms with E-state index < -0.39 is 0 Å². The second-order valence-electron chi connectivity index (χ2n) is 11.9. The number of rotatable bonds is 3. The van der Waals surface area contributed by atoms with Crippen LogP contribution in [0.3, 0.4) is 0 Å². The van der Waals surface area contributed by atoms with Gasteiger partial charge in [0.05, 0.1) is 4.87 Å². The molecule has 5 saturated carbocycles. The first kappa shape index (κ1) is 22.0. The Morgan fingerprint density at radius 1 is 0.968 bits per heavy atom. The van der Waals surface area contributed by atoms with E-state index in [2.05, 4.69) is 13.8 Å². The fourth-order valence-corrected chi connectivity index (χ4v) is 10.6. The Morgan fingerprint density at radius 2 is 1.71 bits per heavy atom. The summed E-state index contributed by atoms with van der Waals surface area (Å²) in [6.07, 6.45) is 11.6.